The lowest BCUT2D eigenvalue weighted by Gasteiger charge is -2.03. The molecule has 5 heteroatoms. The number of rotatable bonds is 8. The summed E-state index contributed by atoms with van der Waals surface area (Å²) < 4.78 is 9.85. The van der Waals surface area contributed by atoms with E-state index in [1.807, 2.05) is 31.2 Å². The summed E-state index contributed by atoms with van der Waals surface area (Å²) in [6.07, 6.45) is 4.06. The first-order valence-corrected chi connectivity index (χ1v) is 6.91. The van der Waals surface area contributed by atoms with E-state index < -0.39 is 0 Å². The van der Waals surface area contributed by atoms with E-state index in [2.05, 4.69) is 10.1 Å². The largest absolute Gasteiger partial charge is 0.494 e. The zero-order chi connectivity index (χ0) is 15.5. The van der Waals surface area contributed by atoms with E-state index in [0.29, 0.717) is 26.0 Å². The smallest absolute Gasteiger partial charge is 0.305 e. The van der Waals surface area contributed by atoms with Crippen LogP contribution in [0.25, 0.3) is 6.08 Å². The Balaban J connectivity index is 2.31. The molecule has 21 heavy (non-hydrogen) atoms. The molecule has 0 radical (unpaired) electrons. The summed E-state index contributed by atoms with van der Waals surface area (Å²) in [5.41, 5.74) is 0.920. The van der Waals surface area contributed by atoms with Crippen LogP contribution < -0.4 is 10.1 Å². The van der Waals surface area contributed by atoms with E-state index in [4.69, 9.17) is 4.74 Å². The quantitative estimate of drug-likeness (QED) is 0.453. The van der Waals surface area contributed by atoms with Gasteiger partial charge in [0.2, 0.25) is 5.91 Å². The first-order valence-electron chi connectivity index (χ1n) is 6.91. The number of carbonyl (C=O) groups excluding carboxylic acids is 2. The fraction of sp³-hybridized carbons (Fsp3) is 0.375. The standard InChI is InChI=1S/C16H21NO4/c1-3-21-14-9-6-13(7-10-14)8-11-15(18)17-12-4-5-16(19)20-2/h6-11H,3-5,12H2,1-2H3,(H,17,18)/b11-8+. The van der Waals surface area contributed by atoms with Crippen molar-refractivity contribution in [2.45, 2.75) is 19.8 Å². The molecule has 1 amide bonds. The maximum absolute atomic E-state index is 11.6. The zero-order valence-corrected chi connectivity index (χ0v) is 12.4. The molecule has 0 spiro atoms. The average Bonchev–Trinajstić information content (AvgIpc) is 2.51. The van der Waals surface area contributed by atoms with Crippen LogP contribution in [0.15, 0.2) is 30.3 Å². The van der Waals surface area contributed by atoms with Gasteiger partial charge < -0.3 is 14.8 Å². The summed E-state index contributed by atoms with van der Waals surface area (Å²) in [6.45, 7) is 3.00. The number of nitrogens with one attached hydrogen (secondary N) is 1. The summed E-state index contributed by atoms with van der Waals surface area (Å²) >= 11 is 0. The van der Waals surface area contributed by atoms with Gasteiger partial charge in [0.05, 0.1) is 13.7 Å². The van der Waals surface area contributed by atoms with Gasteiger partial charge in [-0.15, -0.1) is 0 Å². The minimum absolute atomic E-state index is 0.186. The summed E-state index contributed by atoms with van der Waals surface area (Å²) in [5, 5.41) is 2.71. The van der Waals surface area contributed by atoms with Crippen molar-refractivity contribution >= 4 is 18.0 Å². The summed E-state index contributed by atoms with van der Waals surface area (Å²) in [6, 6.07) is 7.48. The Morgan fingerprint density at radius 3 is 2.57 bits per heavy atom. The van der Waals surface area contributed by atoms with Crippen molar-refractivity contribution in [3.05, 3.63) is 35.9 Å². The van der Waals surface area contributed by atoms with Crippen molar-refractivity contribution in [2.75, 3.05) is 20.3 Å². The maximum Gasteiger partial charge on any atom is 0.305 e. The highest BCUT2D eigenvalue weighted by molar-refractivity contribution is 5.91. The van der Waals surface area contributed by atoms with Gasteiger partial charge in [0, 0.05) is 19.0 Å². The highest BCUT2D eigenvalue weighted by atomic mass is 16.5. The molecule has 0 unspecified atom stereocenters. The van der Waals surface area contributed by atoms with Crippen molar-refractivity contribution in [3.8, 4) is 5.75 Å². The number of amides is 1. The number of benzene rings is 1. The van der Waals surface area contributed by atoms with E-state index in [1.165, 1.54) is 13.2 Å². The van der Waals surface area contributed by atoms with Crippen LogP contribution in [0.1, 0.15) is 25.3 Å². The Morgan fingerprint density at radius 2 is 1.95 bits per heavy atom. The summed E-state index contributed by atoms with van der Waals surface area (Å²) in [7, 11) is 1.35. The lowest BCUT2D eigenvalue weighted by molar-refractivity contribution is -0.140. The minimum atomic E-state index is -0.269. The third-order valence-corrected chi connectivity index (χ3v) is 2.70. The molecule has 0 aliphatic carbocycles. The monoisotopic (exact) mass is 291 g/mol. The van der Waals surface area contributed by atoms with Crippen LogP contribution in [0.5, 0.6) is 5.75 Å². The third kappa shape index (κ3) is 7.15. The minimum Gasteiger partial charge on any atom is -0.494 e. The van der Waals surface area contributed by atoms with Gasteiger partial charge in [0.1, 0.15) is 5.75 Å². The Kier molecular flexibility index (Phi) is 7.64. The predicted molar refractivity (Wildman–Crippen MR) is 80.9 cm³/mol. The summed E-state index contributed by atoms with van der Waals surface area (Å²) in [4.78, 5) is 22.4. The normalized spacial score (nSPS) is 10.4. The first-order chi connectivity index (χ1) is 10.2. The van der Waals surface area contributed by atoms with Crippen LogP contribution in [-0.4, -0.2) is 32.1 Å². The van der Waals surface area contributed by atoms with E-state index in [9.17, 15) is 9.59 Å². The van der Waals surface area contributed by atoms with Gasteiger partial charge in [0.25, 0.3) is 0 Å². The second-order valence-electron chi connectivity index (χ2n) is 4.31. The SMILES string of the molecule is CCOc1ccc(/C=C/C(=O)NCCCC(=O)OC)cc1. The molecule has 0 fully saturated rings. The topological polar surface area (TPSA) is 64.6 Å². The molecule has 0 aliphatic heterocycles. The number of carbonyl (C=O) groups is 2. The van der Waals surface area contributed by atoms with Gasteiger partial charge in [-0.1, -0.05) is 12.1 Å². The number of esters is 1. The van der Waals surface area contributed by atoms with E-state index in [0.717, 1.165) is 11.3 Å². The molecular formula is C16H21NO4. The van der Waals surface area contributed by atoms with E-state index >= 15 is 0 Å². The van der Waals surface area contributed by atoms with Crippen molar-refractivity contribution in [1.29, 1.82) is 0 Å². The van der Waals surface area contributed by atoms with Crippen LogP contribution in [0.4, 0.5) is 0 Å². The van der Waals surface area contributed by atoms with Crippen LogP contribution >= 0.6 is 0 Å². The van der Waals surface area contributed by atoms with Gasteiger partial charge in [0.15, 0.2) is 0 Å². The van der Waals surface area contributed by atoms with Crippen molar-refractivity contribution in [3.63, 3.8) is 0 Å². The van der Waals surface area contributed by atoms with Crippen LogP contribution in [0.3, 0.4) is 0 Å². The van der Waals surface area contributed by atoms with Crippen LogP contribution in [-0.2, 0) is 14.3 Å². The molecule has 0 atom stereocenters. The van der Waals surface area contributed by atoms with Gasteiger partial charge in [-0.2, -0.15) is 0 Å². The average molecular weight is 291 g/mol. The number of hydrogen-bond acceptors (Lipinski definition) is 4. The van der Waals surface area contributed by atoms with Gasteiger partial charge in [-0.3, -0.25) is 9.59 Å². The zero-order valence-electron chi connectivity index (χ0n) is 12.4. The lowest BCUT2D eigenvalue weighted by atomic mass is 10.2. The lowest BCUT2D eigenvalue weighted by Crippen LogP contribution is -2.22. The van der Waals surface area contributed by atoms with Crippen molar-refractivity contribution in [1.82, 2.24) is 5.32 Å². The third-order valence-electron chi connectivity index (χ3n) is 2.70. The second kappa shape index (κ2) is 9.58. The molecule has 1 N–H and O–H groups in total. The molecule has 1 rings (SSSR count). The molecule has 0 heterocycles. The van der Waals surface area contributed by atoms with E-state index in [1.54, 1.807) is 6.08 Å². The van der Waals surface area contributed by atoms with Crippen LogP contribution in [0, 0.1) is 0 Å². The Bertz CT molecular complexity index is 480. The molecule has 0 aromatic heterocycles. The second-order valence-corrected chi connectivity index (χ2v) is 4.31. The highest BCUT2D eigenvalue weighted by Crippen LogP contribution is 2.12. The molecule has 0 aliphatic rings. The molecule has 114 valence electrons. The highest BCUT2D eigenvalue weighted by Gasteiger charge is 2.00. The van der Waals surface area contributed by atoms with E-state index in [-0.39, 0.29) is 11.9 Å². The molecule has 5 nitrogen and oxygen atoms in total. The number of ether oxygens (including phenoxy) is 2. The number of hydrogen-bond donors (Lipinski definition) is 1. The molecule has 0 bridgehead atoms. The van der Waals surface area contributed by atoms with Crippen molar-refractivity contribution < 1.29 is 19.1 Å². The fourth-order valence-electron chi connectivity index (χ4n) is 1.62. The predicted octanol–water partition coefficient (Wildman–Crippen LogP) is 2.17. The molecular weight excluding hydrogens is 270 g/mol. The molecule has 1 aromatic carbocycles. The Labute approximate surface area is 124 Å². The van der Waals surface area contributed by atoms with Crippen molar-refractivity contribution in [2.24, 2.45) is 0 Å². The first kappa shape index (κ1) is 16.8. The van der Waals surface area contributed by atoms with Gasteiger partial charge >= 0.3 is 5.97 Å². The Morgan fingerprint density at radius 1 is 1.24 bits per heavy atom. The fourth-order valence-corrected chi connectivity index (χ4v) is 1.62. The Hall–Kier alpha value is -2.30. The number of methoxy groups -OCH3 is 1. The summed E-state index contributed by atoms with van der Waals surface area (Å²) in [5.74, 6) is 0.352. The maximum atomic E-state index is 11.6. The molecule has 0 saturated carbocycles. The van der Waals surface area contributed by atoms with Crippen LogP contribution in [0.2, 0.25) is 0 Å². The van der Waals surface area contributed by atoms with Gasteiger partial charge in [-0.05, 0) is 37.1 Å². The van der Waals surface area contributed by atoms with Gasteiger partial charge in [-0.25, -0.2) is 0 Å². The molecule has 0 saturated heterocycles. The molecule has 1 aromatic rings.